The Morgan fingerprint density at radius 2 is 1.74 bits per heavy atom. The maximum Gasteiger partial charge on any atom is 0.163 e. The van der Waals surface area contributed by atoms with Crippen molar-refractivity contribution in [3.63, 3.8) is 0 Å². The second-order valence-corrected chi connectivity index (χ2v) is 12.2. The molecule has 0 spiro atoms. The fourth-order valence-corrected chi connectivity index (χ4v) is 4.56. The first-order valence-electron chi connectivity index (χ1n) is 7.00. The third-order valence-electron chi connectivity index (χ3n) is 3.56. The van der Waals surface area contributed by atoms with Crippen molar-refractivity contribution < 1.29 is 14.6 Å². The van der Waals surface area contributed by atoms with E-state index in [9.17, 15) is 5.11 Å². The van der Waals surface area contributed by atoms with Crippen LogP contribution in [0, 0.1) is 5.92 Å². The Kier molecular flexibility index (Phi) is 3.82. The zero-order chi connectivity index (χ0) is 14.4. The minimum Gasteiger partial charge on any atom is -0.386 e. The van der Waals surface area contributed by atoms with Gasteiger partial charge in [0.05, 0.1) is 14.2 Å². The van der Waals surface area contributed by atoms with Gasteiger partial charge in [0.1, 0.15) is 12.2 Å². The Bertz CT molecular complexity index is 406. The van der Waals surface area contributed by atoms with Gasteiger partial charge in [0, 0.05) is 5.92 Å². The van der Waals surface area contributed by atoms with E-state index in [-0.39, 0.29) is 18.1 Å². The molecule has 108 valence electrons. The maximum atomic E-state index is 10.0. The lowest BCUT2D eigenvalue weighted by Crippen LogP contribution is -2.42. The van der Waals surface area contributed by atoms with Crippen molar-refractivity contribution in [1.82, 2.24) is 0 Å². The summed E-state index contributed by atoms with van der Waals surface area (Å²) in [6.45, 7) is 13.0. The largest absolute Gasteiger partial charge is 0.386 e. The molecule has 0 aromatic rings. The molecule has 0 aromatic heterocycles. The summed E-state index contributed by atoms with van der Waals surface area (Å²) in [6.07, 6.45) is 3.01. The number of hydrogen-bond donors (Lipinski definition) is 1. The topological polar surface area (TPSA) is 38.7 Å². The lowest BCUT2D eigenvalue weighted by molar-refractivity contribution is -0.153. The summed E-state index contributed by atoms with van der Waals surface area (Å²) in [5.41, 5.74) is 3.74. The number of aliphatic hydroxyl groups excluding tert-OH is 1. The van der Waals surface area contributed by atoms with E-state index in [1.54, 1.807) is 0 Å². The smallest absolute Gasteiger partial charge is 0.163 e. The molecule has 1 aliphatic carbocycles. The van der Waals surface area contributed by atoms with E-state index in [4.69, 9.17) is 9.47 Å². The van der Waals surface area contributed by atoms with Crippen LogP contribution in [0.15, 0.2) is 23.4 Å². The van der Waals surface area contributed by atoms with Crippen molar-refractivity contribution in [1.29, 1.82) is 0 Å². The highest BCUT2D eigenvalue weighted by Crippen LogP contribution is 2.39. The summed E-state index contributed by atoms with van der Waals surface area (Å²) < 4.78 is 11.8. The van der Waals surface area contributed by atoms with Crippen molar-refractivity contribution in [3.8, 4) is 0 Å². The monoisotopic (exact) mass is 282 g/mol. The molecule has 1 aliphatic heterocycles. The van der Waals surface area contributed by atoms with Gasteiger partial charge in [-0.05, 0) is 20.8 Å². The van der Waals surface area contributed by atoms with Crippen LogP contribution in [-0.4, -0.2) is 37.3 Å². The van der Waals surface area contributed by atoms with Crippen molar-refractivity contribution in [2.75, 3.05) is 0 Å². The second kappa shape index (κ2) is 4.84. The molecule has 0 unspecified atom stereocenters. The SMILES string of the molecule is C/C(=C\[Si](C)(C)C)[C@H]1C=C[C@@H](O)[C@@H]2OC(C)(C)O[C@@H]21. The molecule has 0 bridgehead atoms. The van der Waals surface area contributed by atoms with Crippen molar-refractivity contribution in [3.05, 3.63) is 23.4 Å². The second-order valence-electron chi connectivity index (χ2n) is 7.22. The third kappa shape index (κ3) is 3.37. The van der Waals surface area contributed by atoms with Gasteiger partial charge in [0.15, 0.2) is 5.79 Å². The highest BCUT2D eigenvalue weighted by atomic mass is 28.3. The van der Waals surface area contributed by atoms with Crippen LogP contribution < -0.4 is 0 Å². The fraction of sp³-hybridized carbons (Fsp3) is 0.733. The van der Waals surface area contributed by atoms with Gasteiger partial charge in [0.25, 0.3) is 0 Å². The van der Waals surface area contributed by atoms with Crippen molar-refractivity contribution in [2.45, 2.75) is 64.5 Å². The third-order valence-corrected chi connectivity index (χ3v) is 4.88. The van der Waals surface area contributed by atoms with E-state index in [1.807, 2.05) is 19.9 Å². The van der Waals surface area contributed by atoms with Gasteiger partial charge in [-0.1, -0.05) is 43.1 Å². The van der Waals surface area contributed by atoms with Crippen LogP contribution in [0.1, 0.15) is 20.8 Å². The van der Waals surface area contributed by atoms with Gasteiger partial charge in [0.2, 0.25) is 0 Å². The molecule has 0 aromatic carbocycles. The van der Waals surface area contributed by atoms with E-state index in [2.05, 4.69) is 38.3 Å². The molecule has 0 radical (unpaired) electrons. The molecule has 2 aliphatic rings. The van der Waals surface area contributed by atoms with Gasteiger partial charge >= 0.3 is 0 Å². The first-order chi connectivity index (χ1) is 8.59. The van der Waals surface area contributed by atoms with Crippen molar-refractivity contribution in [2.24, 2.45) is 5.92 Å². The minimum atomic E-state index is -1.26. The quantitative estimate of drug-likeness (QED) is 0.625. The first-order valence-corrected chi connectivity index (χ1v) is 10.6. The van der Waals surface area contributed by atoms with Crippen LogP contribution in [0.5, 0.6) is 0 Å². The number of fused-ring (bicyclic) bond motifs is 1. The molecule has 1 heterocycles. The van der Waals surface area contributed by atoms with E-state index in [0.717, 1.165) is 0 Å². The Hall–Kier alpha value is -0.423. The van der Waals surface area contributed by atoms with Gasteiger partial charge in [-0.2, -0.15) is 0 Å². The molecule has 0 amide bonds. The maximum absolute atomic E-state index is 10.0. The van der Waals surface area contributed by atoms with Gasteiger partial charge in [-0.15, -0.1) is 0 Å². The lowest BCUT2D eigenvalue weighted by atomic mass is 9.85. The molecule has 1 fully saturated rings. The molecule has 2 rings (SSSR count). The molecular formula is C15H26O3Si. The summed E-state index contributed by atoms with van der Waals surface area (Å²) in [7, 11) is -1.26. The van der Waals surface area contributed by atoms with Crippen LogP contribution in [-0.2, 0) is 9.47 Å². The number of ether oxygens (including phenoxy) is 2. The average Bonchev–Trinajstić information content (AvgIpc) is 2.52. The fourth-order valence-electron chi connectivity index (χ4n) is 3.00. The van der Waals surface area contributed by atoms with Crippen LogP contribution in [0.3, 0.4) is 0 Å². The predicted octanol–water partition coefficient (Wildman–Crippen LogP) is 2.88. The highest BCUT2D eigenvalue weighted by molar-refractivity contribution is 6.81. The minimum absolute atomic E-state index is 0.0809. The van der Waals surface area contributed by atoms with Crippen LogP contribution in [0.25, 0.3) is 0 Å². The number of aliphatic hydroxyl groups is 1. The van der Waals surface area contributed by atoms with E-state index in [1.165, 1.54) is 5.57 Å². The highest BCUT2D eigenvalue weighted by Gasteiger charge is 2.49. The zero-order valence-electron chi connectivity index (χ0n) is 12.8. The van der Waals surface area contributed by atoms with Gasteiger partial charge in [-0.3, -0.25) is 0 Å². The first kappa shape index (κ1) is 15.0. The molecule has 19 heavy (non-hydrogen) atoms. The normalized spacial score (nSPS) is 38.4. The standard InChI is InChI=1S/C15H26O3Si/c1-10(9-19(4,5)6)11-7-8-12(16)14-13(11)17-15(2,3)18-14/h7-9,11-14,16H,1-6H3/b10-9+/t11-,12-,13-,14+/m1/s1. The Morgan fingerprint density at radius 3 is 2.32 bits per heavy atom. The summed E-state index contributed by atoms with van der Waals surface area (Å²) >= 11 is 0. The van der Waals surface area contributed by atoms with Crippen molar-refractivity contribution >= 4 is 8.07 Å². The predicted molar refractivity (Wildman–Crippen MR) is 79.6 cm³/mol. The van der Waals surface area contributed by atoms with Gasteiger partial charge < -0.3 is 14.6 Å². The molecule has 1 N–H and O–H groups in total. The van der Waals surface area contributed by atoms with E-state index >= 15 is 0 Å². The van der Waals surface area contributed by atoms with Crippen LogP contribution in [0.2, 0.25) is 19.6 Å². The molecule has 0 saturated carbocycles. The molecule has 1 saturated heterocycles. The Balaban J connectivity index is 2.27. The van der Waals surface area contributed by atoms with E-state index < -0.39 is 20.0 Å². The Morgan fingerprint density at radius 1 is 1.16 bits per heavy atom. The number of rotatable bonds is 2. The average molecular weight is 282 g/mol. The molecule has 4 atom stereocenters. The summed E-state index contributed by atoms with van der Waals surface area (Å²) in [4.78, 5) is 0. The summed E-state index contributed by atoms with van der Waals surface area (Å²) in [5, 5.41) is 10.0. The summed E-state index contributed by atoms with van der Waals surface area (Å²) in [5.74, 6) is -0.401. The number of hydrogen-bond acceptors (Lipinski definition) is 3. The van der Waals surface area contributed by atoms with Crippen LogP contribution in [0.4, 0.5) is 0 Å². The summed E-state index contributed by atoms with van der Waals surface area (Å²) in [6, 6.07) is 0. The van der Waals surface area contributed by atoms with Crippen LogP contribution >= 0.6 is 0 Å². The van der Waals surface area contributed by atoms with Gasteiger partial charge in [-0.25, -0.2) is 0 Å². The molecule has 4 heteroatoms. The van der Waals surface area contributed by atoms with E-state index in [0.29, 0.717) is 0 Å². The lowest BCUT2D eigenvalue weighted by Gasteiger charge is -2.31. The molecular weight excluding hydrogens is 256 g/mol. The zero-order valence-corrected chi connectivity index (χ0v) is 13.8. The molecule has 3 nitrogen and oxygen atoms in total. The Labute approximate surface area is 117 Å².